The van der Waals surface area contributed by atoms with Gasteiger partial charge >= 0.3 is 5.97 Å². The van der Waals surface area contributed by atoms with E-state index in [1.807, 2.05) is 6.92 Å². The predicted octanol–water partition coefficient (Wildman–Crippen LogP) is 4.49. The summed E-state index contributed by atoms with van der Waals surface area (Å²) in [6.07, 6.45) is 1.38. The number of aryl methyl sites for hydroxylation is 1. The molecule has 3 rings (SSSR count). The number of hydrogen-bond donors (Lipinski definition) is 2. The highest BCUT2D eigenvalue weighted by molar-refractivity contribution is 9.10. The predicted molar refractivity (Wildman–Crippen MR) is 112 cm³/mol. The van der Waals surface area contributed by atoms with E-state index in [1.54, 1.807) is 42.5 Å². The summed E-state index contributed by atoms with van der Waals surface area (Å²) < 4.78 is 11.6. The van der Waals surface area contributed by atoms with Crippen LogP contribution in [0.3, 0.4) is 0 Å². The summed E-state index contributed by atoms with van der Waals surface area (Å²) in [5, 5.41) is 13.0. The molecule has 0 radical (unpaired) electrons. The largest absolute Gasteiger partial charge is 0.496 e. The monoisotopic (exact) mass is 456 g/mol. The molecule has 1 heterocycles. The maximum Gasteiger partial charge on any atom is 0.335 e. The summed E-state index contributed by atoms with van der Waals surface area (Å²) >= 11 is 3.32. The first kappa shape index (κ1) is 20.3. The van der Waals surface area contributed by atoms with E-state index < -0.39 is 11.9 Å². The molecule has 29 heavy (non-hydrogen) atoms. The molecule has 0 saturated heterocycles. The molecule has 0 fully saturated rings. The molecule has 0 spiro atoms. The maximum absolute atomic E-state index is 12.3. The van der Waals surface area contributed by atoms with Gasteiger partial charge in [-0.1, -0.05) is 22.0 Å². The van der Waals surface area contributed by atoms with E-state index in [0.29, 0.717) is 22.8 Å². The van der Waals surface area contributed by atoms with Crippen molar-refractivity contribution >= 4 is 34.0 Å². The van der Waals surface area contributed by atoms with Crippen LogP contribution in [0.15, 0.2) is 62.5 Å². The number of hydrogen-bond acceptors (Lipinski definition) is 5. The lowest BCUT2D eigenvalue weighted by molar-refractivity contribution is 0.0696. The van der Waals surface area contributed by atoms with Gasteiger partial charge in [0.05, 0.1) is 24.5 Å². The van der Waals surface area contributed by atoms with Crippen molar-refractivity contribution in [3.8, 4) is 17.1 Å². The average molecular weight is 457 g/mol. The van der Waals surface area contributed by atoms with Crippen LogP contribution in [0.25, 0.3) is 11.3 Å². The van der Waals surface area contributed by atoms with E-state index in [9.17, 15) is 9.59 Å². The van der Waals surface area contributed by atoms with Crippen molar-refractivity contribution in [2.75, 3.05) is 7.11 Å². The number of nitrogens with one attached hydrogen (secondary N) is 1. The molecule has 0 atom stereocenters. The van der Waals surface area contributed by atoms with Crippen LogP contribution < -0.4 is 10.2 Å². The summed E-state index contributed by atoms with van der Waals surface area (Å²) in [6, 6.07) is 13.3. The van der Waals surface area contributed by atoms with E-state index in [1.165, 1.54) is 19.4 Å². The Morgan fingerprint density at radius 1 is 1.17 bits per heavy atom. The summed E-state index contributed by atoms with van der Waals surface area (Å²) in [6.45, 7) is 1.81. The molecule has 0 aliphatic rings. The van der Waals surface area contributed by atoms with Crippen LogP contribution in [0.4, 0.5) is 0 Å². The van der Waals surface area contributed by atoms with Crippen molar-refractivity contribution in [2.24, 2.45) is 5.10 Å². The molecular formula is C21H17BrN2O5. The summed E-state index contributed by atoms with van der Waals surface area (Å²) in [5.74, 6) is 0.0292. The fourth-order valence-electron chi connectivity index (χ4n) is 2.71. The van der Waals surface area contributed by atoms with Crippen molar-refractivity contribution < 1.29 is 23.8 Å². The standard InChI is InChI=1S/C21H17BrN2O5/c1-12-9-13(21(26)27)3-6-16(12)19-8-5-15(29-19)11-23-24-20(25)17-10-14(22)4-7-18(17)28-2/h3-11H,1-2H3,(H,24,25)(H,26,27)/b23-11-. The van der Waals surface area contributed by atoms with Gasteiger partial charge in [0.15, 0.2) is 0 Å². The molecular weight excluding hydrogens is 440 g/mol. The summed E-state index contributed by atoms with van der Waals surface area (Å²) in [4.78, 5) is 23.4. The Labute approximate surface area is 175 Å². The van der Waals surface area contributed by atoms with Crippen molar-refractivity contribution in [1.29, 1.82) is 0 Å². The van der Waals surface area contributed by atoms with Gasteiger partial charge in [-0.2, -0.15) is 5.10 Å². The number of rotatable bonds is 6. The number of carboxylic acids is 1. The minimum absolute atomic E-state index is 0.213. The number of nitrogens with zero attached hydrogens (tertiary/aromatic N) is 1. The SMILES string of the molecule is COc1ccc(Br)cc1C(=O)N/N=C\c1ccc(-c2ccc(C(=O)O)cc2C)o1. The molecule has 3 aromatic rings. The minimum Gasteiger partial charge on any atom is -0.496 e. The van der Waals surface area contributed by atoms with Crippen molar-refractivity contribution in [3.05, 3.63) is 75.5 Å². The van der Waals surface area contributed by atoms with Gasteiger partial charge in [0.2, 0.25) is 0 Å². The second kappa shape index (κ2) is 8.74. The molecule has 0 saturated carbocycles. The maximum atomic E-state index is 12.3. The zero-order valence-corrected chi connectivity index (χ0v) is 17.2. The number of carbonyl (C=O) groups is 2. The van der Waals surface area contributed by atoms with Gasteiger partial charge in [0, 0.05) is 10.0 Å². The van der Waals surface area contributed by atoms with Crippen molar-refractivity contribution in [3.63, 3.8) is 0 Å². The van der Waals surface area contributed by atoms with Gasteiger partial charge in [-0.25, -0.2) is 10.2 Å². The molecule has 1 amide bonds. The molecule has 2 N–H and O–H groups in total. The first-order chi connectivity index (χ1) is 13.9. The number of halogens is 1. The van der Waals surface area contributed by atoms with Gasteiger partial charge in [-0.05, 0) is 55.0 Å². The topological polar surface area (TPSA) is 101 Å². The summed E-state index contributed by atoms with van der Waals surface area (Å²) in [7, 11) is 1.48. The highest BCUT2D eigenvalue weighted by Crippen LogP contribution is 2.26. The van der Waals surface area contributed by atoms with E-state index >= 15 is 0 Å². The second-order valence-corrected chi connectivity index (χ2v) is 7.00. The number of hydrazone groups is 1. The smallest absolute Gasteiger partial charge is 0.335 e. The average Bonchev–Trinajstić information content (AvgIpc) is 3.16. The quantitative estimate of drug-likeness (QED) is 0.420. The number of furan rings is 1. The number of amides is 1. The molecule has 0 unspecified atom stereocenters. The highest BCUT2D eigenvalue weighted by atomic mass is 79.9. The molecule has 0 aliphatic heterocycles. The Hall–Kier alpha value is -3.39. The molecule has 7 nitrogen and oxygen atoms in total. The number of aromatic carboxylic acids is 1. The highest BCUT2D eigenvalue weighted by Gasteiger charge is 2.13. The zero-order chi connectivity index (χ0) is 21.0. The Morgan fingerprint density at radius 3 is 2.66 bits per heavy atom. The third-order valence-corrected chi connectivity index (χ3v) is 4.62. The third-order valence-electron chi connectivity index (χ3n) is 4.13. The Morgan fingerprint density at radius 2 is 1.97 bits per heavy atom. The van der Waals surface area contributed by atoms with Crippen LogP contribution in [-0.2, 0) is 0 Å². The van der Waals surface area contributed by atoms with E-state index in [4.69, 9.17) is 14.3 Å². The molecule has 8 heteroatoms. The molecule has 2 aromatic carbocycles. The number of benzene rings is 2. The first-order valence-electron chi connectivity index (χ1n) is 8.50. The number of methoxy groups -OCH3 is 1. The van der Waals surface area contributed by atoms with Crippen molar-refractivity contribution in [2.45, 2.75) is 6.92 Å². The molecule has 0 aliphatic carbocycles. The fraction of sp³-hybridized carbons (Fsp3) is 0.0952. The van der Waals surface area contributed by atoms with Gasteiger partial charge < -0.3 is 14.3 Å². The van der Waals surface area contributed by atoms with Crippen molar-refractivity contribution in [1.82, 2.24) is 5.43 Å². The lowest BCUT2D eigenvalue weighted by Crippen LogP contribution is -2.18. The van der Waals surface area contributed by atoms with Crippen LogP contribution in [0.1, 0.15) is 32.0 Å². The number of ether oxygens (including phenoxy) is 1. The van der Waals surface area contributed by atoms with Gasteiger partial charge in [-0.3, -0.25) is 4.79 Å². The number of carbonyl (C=O) groups excluding carboxylic acids is 1. The second-order valence-electron chi connectivity index (χ2n) is 6.08. The Bertz CT molecular complexity index is 1100. The normalized spacial score (nSPS) is 10.9. The molecule has 0 bridgehead atoms. The third kappa shape index (κ3) is 4.72. The van der Waals surface area contributed by atoms with Crippen LogP contribution in [-0.4, -0.2) is 30.3 Å². The van der Waals surface area contributed by atoms with Crippen LogP contribution in [0, 0.1) is 6.92 Å². The number of carboxylic acid groups (broad SMARTS) is 1. The van der Waals surface area contributed by atoms with E-state index in [2.05, 4.69) is 26.5 Å². The lowest BCUT2D eigenvalue weighted by Gasteiger charge is -2.07. The molecule has 148 valence electrons. The van der Waals surface area contributed by atoms with Crippen LogP contribution in [0.2, 0.25) is 0 Å². The Balaban J connectivity index is 1.72. The van der Waals surface area contributed by atoms with Crippen LogP contribution in [0.5, 0.6) is 5.75 Å². The minimum atomic E-state index is -0.982. The van der Waals surface area contributed by atoms with Crippen LogP contribution >= 0.6 is 15.9 Å². The van der Waals surface area contributed by atoms with E-state index in [0.717, 1.165) is 15.6 Å². The molecule has 1 aromatic heterocycles. The fourth-order valence-corrected chi connectivity index (χ4v) is 3.07. The summed E-state index contributed by atoms with van der Waals surface area (Å²) in [5.41, 5.74) is 4.54. The van der Waals surface area contributed by atoms with Gasteiger partial charge in [-0.15, -0.1) is 0 Å². The zero-order valence-electron chi connectivity index (χ0n) is 15.6. The Kier molecular flexibility index (Phi) is 6.13. The van der Waals surface area contributed by atoms with Gasteiger partial charge in [0.1, 0.15) is 17.3 Å². The van der Waals surface area contributed by atoms with E-state index in [-0.39, 0.29) is 5.56 Å². The lowest BCUT2D eigenvalue weighted by atomic mass is 10.0. The van der Waals surface area contributed by atoms with Gasteiger partial charge in [0.25, 0.3) is 5.91 Å². The first-order valence-corrected chi connectivity index (χ1v) is 9.29.